The summed E-state index contributed by atoms with van der Waals surface area (Å²) in [7, 11) is 3.41. The van der Waals surface area contributed by atoms with Crippen LogP contribution in [-0.2, 0) is 4.79 Å². The molecule has 1 saturated heterocycles. The molecule has 0 unspecified atom stereocenters. The van der Waals surface area contributed by atoms with Crippen LogP contribution in [0.3, 0.4) is 0 Å². The van der Waals surface area contributed by atoms with Gasteiger partial charge >= 0.3 is 0 Å². The minimum absolute atomic E-state index is 0.0471. The first-order valence-corrected chi connectivity index (χ1v) is 8.64. The molecule has 2 aromatic heterocycles. The fraction of sp³-hybridized carbons (Fsp3) is 0.357. The van der Waals surface area contributed by atoms with Gasteiger partial charge in [-0.05, 0) is 12.1 Å². The lowest BCUT2D eigenvalue weighted by atomic mass is 10.2. The van der Waals surface area contributed by atoms with Crippen LogP contribution < -0.4 is 0 Å². The third kappa shape index (κ3) is 2.76. The number of carbonyl (C=O) groups excluding carboxylic acids is 2. The molecule has 0 radical (unpaired) electrons. The van der Waals surface area contributed by atoms with Gasteiger partial charge in [-0.2, -0.15) is 0 Å². The topological polar surface area (TPSA) is 66.7 Å². The Balaban J connectivity index is 1.80. The highest BCUT2D eigenvalue weighted by Crippen LogP contribution is 2.29. The van der Waals surface area contributed by atoms with Gasteiger partial charge in [-0.25, -0.2) is 4.98 Å². The van der Waals surface area contributed by atoms with Crippen molar-refractivity contribution in [2.75, 3.05) is 25.7 Å². The van der Waals surface area contributed by atoms with E-state index in [9.17, 15) is 9.59 Å². The molecule has 1 aliphatic heterocycles. The summed E-state index contributed by atoms with van der Waals surface area (Å²) in [4.78, 5) is 32.7. The quantitative estimate of drug-likeness (QED) is 0.857. The van der Waals surface area contributed by atoms with Gasteiger partial charge in [-0.3, -0.25) is 9.59 Å². The molecule has 8 heteroatoms. The zero-order valence-corrected chi connectivity index (χ0v) is 13.8. The van der Waals surface area contributed by atoms with Crippen LogP contribution in [0.2, 0.25) is 0 Å². The SMILES string of the molecule is CN(C)C(=O)[C@@H]1CSCN1C(=O)c1cnc(-c2ccco2)s1. The predicted molar refractivity (Wildman–Crippen MR) is 85.8 cm³/mol. The van der Waals surface area contributed by atoms with Crippen LogP contribution in [0.25, 0.3) is 10.8 Å². The molecule has 2 amide bonds. The van der Waals surface area contributed by atoms with E-state index < -0.39 is 6.04 Å². The van der Waals surface area contributed by atoms with Crippen LogP contribution in [0.5, 0.6) is 0 Å². The maximum absolute atomic E-state index is 12.6. The van der Waals surface area contributed by atoms with Crippen LogP contribution in [0, 0.1) is 0 Å². The van der Waals surface area contributed by atoms with Gasteiger partial charge in [0, 0.05) is 19.8 Å². The number of thioether (sulfide) groups is 1. The summed E-state index contributed by atoms with van der Waals surface area (Å²) in [6.07, 6.45) is 3.12. The maximum Gasteiger partial charge on any atom is 0.266 e. The summed E-state index contributed by atoms with van der Waals surface area (Å²) < 4.78 is 5.29. The zero-order chi connectivity index (χ0) is 15.7. The van der Waals surface area contributed by atoms with Crippen molar-refractivity contribution in [3.8, 4) is 10.8 Å². The molecule has 0 bridgehead atoms. The number of amides is 2. The number of carbonyl (C=O) groups is 2. The van der Waals surface area contributed by atoms with Gasteiger partial charge in [0.1, 0.15) is 10.9 Å². The van der Waals surface area contributed by atoms with Crippen molar-refractivity contribution in [3.05, 3.63) is 29.5 Å². The zero-order valence-electron chi connectivity index (χ0n) is 12.2. The van der Waals surface area contributed by atoms with Crippen molar-refractivity contribution < 1.29 is 14.0 Å². The van der Waals surface area contributed by atoms with Gasteiger partial charge in [0.05, 0.1) is 18.3 Å². The molecule has 0 spiro atoms. The Morgan fingerprint density at radius 1 is 1.45 bits per heavy atom. The molecule has 0 N–H and O–H groups in total. The summed E-state index contributed by atoms with van der Waals surface area (Å²) in [6.45, 7) is 0. The van der Waals surface area contributed by atoms with E-state index in [0.29, 0.717) is 27.3 Å². The summed E-state index contributed by atoms with van der Waals surface area (Å²) in [6, 6.07) is 3.18. The third-order valence-corrected chi connectivity index (χ3v) is 5.33. The predicted octanol–water partition coefficient (Wildman–Crippen LogP) is 2.01. The van der Waals surface area contributed by atoms with Crippen molar-refractivity contribution >= 4 is 34.9 Å². The van der Waals surface area contributed by atoms with E-state index in [4.69, 9.17) is 4.42 Å². The summed E-state index contributed by atoms with van der Waals surface area (Å²) in [5.74, 6) is 1.60. The van der Waals surface area contributed by atoms with Crippen LogP contribution in [-0.4, -0.2) is 58.4 Å². The molecule has 1 fully saturated rings. The maximum atomic E-state index is 12.6. The van der Waals surface area contributed by atoms with Crippen LogP contribution in [0.15, 0.2) is 29.0 Å². The Bertz CT molecular complexity index is 681. The number of nitrogens with zero attached hydrogens (tertiary/aromatic N) is 3. The largest absolute Gasteiger partial charge is 0.462 e. The molecule has 0 aliphatic carbocycles. The van der Waals surface area contributed by atoms with Gasteiger partial charge < -0.3 is 14.2 Å². The highest BCUT2D eigenvalue weighted by atomic mass is 32.2. The monoisotopic (exact) mass is 337 g/mol. The highest BCUT2D eigenvalue weighted by molar-refractivity contribution is 7.99. The van der Waals surface area contributed by atoms with E-state index in [1.165, 1.54) is 16.2 Å². The fourth-order valence-corrected chi connectivity index (χ4v) is 4.16. The van der Waals surface area contributed by atoms with Crippen LogP contribution in [0.4, 0.5) is 0 Å². The second-order valence-electron chi connectivity index (χ2n) is 5.03. The van der Waals surface area contributed by atoms with Gasteiger partial charge in [-0.1, -0.05) is 0 Å². The Hall–Kier alpha value is -1.80. The molecular weight excluding hydrogens is 322 g/mol. The average Bonchev–Trinajstić information content (AvgIpc) is 3.24. The van der Waals surface area contributed by atoms with E-state index in [1.54, 1.807) is 55.3 Å². The van der Waals surface area contributed by atoms with Crippen molar-refractivity contribution in [1.82, 2.24) is 14.8 Å². The number of furan rings is 1. The van der Waals surface area contributed by atoms with Crippen molar-refractivity contribution in [3.63, 3.8) is 0 Å². The lowest BCUT2D eigenvalue weighted by Crippen LogP contribution is -2.46. The highest BCUT2D eigenvalue weighted by Gasteiger charge is 2.36. The second kappa shape index (κ2) is 6.13. The number of hydrogen-bond donors (Lipinski definition) is 0. The van der Waals surface area contributed by atoms with Gasteiger partial charge in [0.2, 0.25) is 5.91 Å². The molecule has 0 aromatic carbocycles. The number of hydrogen-bond acceptors (Lipinski definition) is 6. The van der Waals surface area contributed by atoms with E-state index >= 15 is 0 Å². The van der Waals surface area contributed by atoms with E-state index in [0.717, 1.165) is 0 Å². The first-order chi connectivity index (χ1) is 10.6. The average molecular weight is 337 g/mol. The molecule has 6 nitrogen and oxygen atoms in total. The number of rotatable bonds is 3. The third-order valence-electron chi connectivity index (χ3n) is 3.32. The summed E-state index contributed by atoms with van der Waals surface area (Å²) in [5, 5.41) is 0.663. The summed E-state index contributed by atoms with van der Waals surface area (Å²) >= 11 is 2.86. The lowest BCUT2D eigenvalue weighted by molar-refractivity contribution is -0.132. The van der Waals surface area contributed by atoms with Crippen molar-refractivity contribution in [2.45, 2.75) is 6.04 Å². The van der Waals surface area contributed by atoms with Gasteiger partial charge in [0.15, 0.2) is 10.8 Å². The first-order valence-electron chi connectivity index (χ1n) is 6.67. The van der Waals surface area contributed by atoms with Gasteiger partial charge in [-0.15, -0.1) is 23.1 Å². The minimum atomic E-state index is -0.401. The Labute approximate surface area is 136 Å². The Kier molecular flexibility index (Phi) is 4.21. The normalized spacial score (nSPS) is 17.7. The van der Waals surface area contributed by atoms with E-state index in [1.807, 2.05) is 0 Å². The lowest BCUT2D eigenvalue weighted by Gasteiger charge is -2.24. The van der Waals surface area contributed by atoms with Gasteiger partial charge in [0.25, 0.3) is 5.91 Å². The second-order valence-corrected chi connectivity index (χ2v) is 7.06. The van der Waals surface area contributed by atoms with Crippen molar-refractivity contribution in [2.24, 2.45) is 0 Å². The van der Waals surface area contributed by atoms with E-state index in [2.05, 4.69) is 4.98 Å². The van der Waals surface area contributed by atoms with Crippen molar-refractivity contribution in [1.29, 1.82) is 0 Å². The molecule has 22 heavy (non-hydrogen) atoms. The minimum Gasteiger partial charge on any atom is -0.462 e. The Morgan fingerprint density at radius 2 is 2.27 bits per heavy atom. The molecular formula is C14H15N3O3S2. The van der Waals surface area contributed by atoms with Crippen LogP contribution in [0.1, 0.15) is 9.67 Å². The van der Waals surface area contributed by atoms with E-state index in [-0.39, 0.29) is 11.8 Å². The molecule has 3 rings (SSSR count). The molecule has 0 saturated carbocycles. The Morgan fingerprint density at radius 3 is 2.95 bits per heavy atom. The number of likely N-dealkylation sites (N-methyl/N-ethyl adjacent to an activating group) is 1. The molecule has 116 valence electrons. The molecule has 1 atom stereocenters. The summed E-state index contributed by atoms with van der Waals surface area (Å²) in [5.41, 5.74) is 0. The number of thiazole rings is 1. The first kappa shape index (κ1) is 15.1. The fourth-order valence-electron chi connectivity index (χ4n) is 2.17. The molecule has 1 aliphatic rings. The number of aromatic nitrogens is 1. The molecule has 2 aromatic rings. The molecule has 3 heterocycles. The standard InChI is InChI=1S/C14H15N3O3S2/c1-16(2)13(18)9-7-21-8-17(9)14(19)11-6-15-12(22-11)10-4-3-5-20-10/h3-6,9H,7-8H2,1-2H3/t9-/m0/s1. The smallest absolute Gasteiger partial charge is 0.266 e. The van der Waals surface area contributed by atoms with Crippen LogP contribution >= 0.6 is 23.1 Å².